The Morgan fingerprint density at radius 3 is 2.65 bits per heavy atom. The summed E-state index contributed by atoms with van der Waals surface area (Å²) in [7, 11) is 0. The van der Waals surface area contributed by atoms with Crippen LogP contribution < -0.4 is 0 Å². The third kappa shape index (κ3) is 5.87. The van der Waals surface area contributed by atoms with E-state index in [1.54, 1.807) is 6.08 Å². The Hall–Kier alpha value is -0.830. The first-order chi connectivity index (χ1) is 8.26. The van der Waals surface area contributed by atoms with Crippen molar-refractivity contribution in [2.24, 2.45) is 5.92 Å². The molecule has 0 aromatic carbocycles. The van der Waals surface area contributed by atoms with Gasteiger partial charge >= 0.3 is 5.97 Å². The normalized spacial score (nSPS) is 18.7. The maximum Gasteiger partial charge on any atom is 0.330 e. The van der Waals surface area contributed by atoms with E-state index in [1.807, 2.05) is 13.0 Å². The van der Waals surface area contributed by atoms with Crippen molar-refractivity contribution >= 4 is 5.97 Å². The number of ether oxygens (including phenoxy) is 1. The van der Waals surface area contributed by atoms with Gasteiger partial charge in [0.25, 0.3) is 0 Å². The molecule has 0 amide bonds. The summed E-state index contributed by atoms with van der Waals surface area (Å²) in [6.45, 7) is 7.73. The fourth-order valence-electron chi connectivity index (χ4n) is 2.35. The van der Waals surface area contributed by atoms with Gasteiger partial charge in [0.2, 0.25) is 0 Å². The number of hydrogen-bond donors (Lipinski definition) is 0. The van der Waals surface area contributed by atoms with Crippen LogP contribution in [0.3, 0.4) is 0 Å². The van der Waals surface area contributed by atoms with E-state index in [-0.39, 0.29) is 5.97 Å². The van der Waals surface area contributed by atoms with Crippen molar-refractivity contribution in [3.63, 3.8) is 0 Å². The van der Waals surface area contributed by atoms with Gasteiger partial charge in [-0.05, 0) is 38.8 Å². The Balaban J connectivity index is 2.15. The van der Waals surface area contributed by atoms with E-state index in [1.165, 1.54) is 25.7 Å². The SMILES string of the molecule is CCCC1CCN(CC=CC(=O)OCC)CC1. The van der Waals surface area contributed by atoms with Crippen LogP contribution in [0.1, 0.15) is 39.5 Å². The van der Waals surface area contributed by atoms with Crippen LogP contribution in [0.15, 0.2) is 12.2 Å². The maximum absolute atomic E-state index is 11.1. The number of hydrogen-bond acceptors (Lipinski definition) is 3. The molecule has 1 fully saturated rings. The molecule has 0 radical (unpaired) electrons. The molecule has 1 rings (SSSR count). The lowest BCUT2D eigenvalue weighted by Crippen LogP contribution is -2.33. The summed E-state index contributed by atoms with van der Waals surface area (Å²) in [5.74, 6) is 0.693. The zero-order chi connectivity index (χ0) is 12.5. The number of carbonyl (C=O) groups excluding carboxylic acids is 1. The second-order valence-electron chi connectivity index (χ2n) is 4.69. The second kappa shape index (κ2) is 8.29. The summed E-state index contributed by atoms with van der Waals surface area (Å²) < 4.78 is 4.84. The molecule has 0 aliphatic carbocycles. The van der Waals surface area contributed by atoms with Gasteiger partial charge in [-0.3, -0.25) is 4.90 Å². The first-order valence-corrected chi connectivity index (χ1v) is 6.81. The molecule has 1 aliphatic rings. The molecular weight excluding hydrogens is 214 g/mol. The van der Waals surface area contributed by atoms with Crippen LogP contribution in [0.5, 0.6) is 0 Å². The minimum atomic E-state index is -0.228. The molecule has 3 heteroatoms. The summed E-state index contributed by atoms with van der Waals surface area (Å²) in [5.41, 5.74) is 0. The lowest BCUT2D eigenvalue weighted by Gasteiger charge is -2.30. The number of carbonyl (C=O) groups is 1. The van der Waals surface area contributed by atoms with E-state index in [9.17, 15) is 4.79 Å². The highest BCUT2D eigenvalue weighted by molar-refractivity contribution is 5.81. The number of likely N-dealkylation sites (tertiary alicyclic amines) is 1. The molecule has 0 aromatic heterocycles. The minimum absolute atomic E-state index is 0.228. The van der Waals surface area contributed by atoms with Gasteiger partial charge < -0.3 is 4.74 Å². The Morgan fingerprint density at radius 1 is 1.35 bits per heavy atom. The van der Waals surface area contributed by atoms with Crippen molar-refractivity contribution in [2.45, 2.75) is 39.5 Å². The summed E-state index contributed by atoms with van der Waals surface area (Å²) in [6.07, 6.45) is 8.74. The molecule has 0 atom stereocenters. The molecule has 0 spiro atoms. The van der Waals surface area contributed by atoms with Gasteiger partial charge in [0.15, 0.2) is 0 Å². The molecule has 0 unspecified atom stereocenters. The van der Waals surface area contributed by atoms with E-state index in [0.29, 0.717) is 6.61 Å². The minimum Gasteiger partial charge on any atom is -0.463 e. The lowest BCUT2D eigenvalue weighted by molar-refractivity contribution is -0.137. The Bertz CT molecular complexity index is 243. The maximum atomic E-state index is 11.1. The monoisotopic (exact) mass is 239 g/mol. The van der Waals surface area contributed by atoms with Gasteiger partial charge in [0, 0.05) is 12.6 Å². The fourth-order valence-corrected chi connectivity index (χ4v) is 2.35. The van der Waals surface area contributed by atoms with Crippen LogP contribution in [0.4, 0.5) is 0 Å². The van der Waals surface area contributed by atoms with E-state index in [2.05, 4.69) is 11.8 Å². The number of nitrogens with zero attached hydrogens (tertiary/aromatic N) is 1. The zero-order valence-corrected chi connectivity index (χ0v) is 11.2. The zero-order valence-electron chi connectivity index (χ0n) is 11.2. The first kappa shape index (κ1) is 14.2. The average molecular weight is 239 g/mol. The quantitative estimate of drug-likeness (QED) is 0.527. The molecular formula is C14H25NO2. The molecule has 0 aromatic rings. The predicted octanol–water partition coefficient (Wildman–Crippen LogP) is 2.62. The van der Waals surface area contributed by atoms with Gasteiger partial charge in [-0.1, -0.05) is 25.8 Å². The smallest absolute Gasteiger partial charge is 0.330 e. The Labute approximate surface area is 105 Å². The number of piperidine rings is 1. The topological polar surface area (TPSA) is 29.5 Å². The van der Waals surface area contributed by atoms with Gasteiger partial charge in [0.1, 0.15) is 0 Å². The highest BCUT2D eigenvalue weighted by atomic mass is 16.5. The summed E-state index contributed by atoms with van der Waals surface area (Å²) in [4.78, 5) is 13.5. The molecule has 98 valence electrons. The number of rotatable bonds is 6. The first-order valence-electron chi connectivity index (χ1n) is 6.81. The van der Waals surface area contributed by atoms with E-state index < -0.39 is 0 Å². The standard InChI is InChI=1S/C14H25NO2/c1-3-6-13-8-11-15(12-9-13)10-5-7-14(16)17-4-2/h5,7,13H,3-4,6,8-12H2,1-2H3. The highest BCUT2D eigenvalue weighted by Gasteiger charge is 2.17. The van der Waals surface area contributed by atoms with E-state index >= 15 is 0 Å². The highest BCUT2D eigenvalue weighted by Crippen LogP contribution is 2.21. The average Bonchev–Trinajstić information content (AvgIpc) is 2.32. The summed E-state index contributed by atoms with van der Waals surface area (Å²) in [5, 5.41) is 0. The van der Waals surface area contributed by atoms with Gasteiger partial charge in [-0.15, -0.1) is 0 Å². The van der Waals surface area contributed by atoms with Gasteiger partial charge in [-0.2, -0.15) is 0 Å². The van der Waals surface area contributed by atoms with E-state index in [0.717, 1.165) is 25.6 Å². The second-order valence-corrected chi connectivity index (χ2v) is 4.69. The Morgan fingerprint density at radius 2 is 2.06 bits per heavy atom. The van der Waals surface area contributed by atoms with Crippen molar-refractivity contribution in [1.82, 2.24) is 4.90 Å². The molecule has 0 N–H and O–H groups in total. The van der Waals surface area contributed by atoms with Crippen molar-refractivity contribution in [2.75, 3.05) is 26.2 Å². The molecule has 1 saturated heterocycles. The molecule has 1 heterocycles. The van der Waals surface area contributed by atoms with Crippen molar-refractivity contribution < 1.29 is 9.53 Å². The van der Waals surface area contributed by atoms with Gasteiger partial charge in [0.05, 0.1) is 6.61 Å². The summed E-state index contributed by atoms with van der Waals surface area (Å²) >= 11 is 0. The third-order valence-electron chi connectivity index (χ3n) is 3.31. The Kier molecular flexibility index (Phi) is 6.94. The molecule has 0 saturated carbocycles. The van der Waals surface area contributed by atoms with Crippen LogP contribution in [0.2, 0.25) is 0 Å². The molecule has 3 nitrogen and oxygen atoms in total. The summed E-state index contributed by atoms with van der Waals surface area (Å²) in [6, 6.07) is 0. The molecule has 1 aliphatic heterocycles. The molecule has 17 heavy (non-hydrogen) atoms. The predicted molar refractivity (Wildman–Crippen MR) is 69.8 cm³/mol. The van der Waals surface area contributed by atoms with E-state index in [4.69, 9.17) is 4.74 Å². The molecule has 0 bridgehead atoms. The van der Waals surface area contributed by atoms with Crippen LogP contribution in [0, 0.1) is 5.92 Å². The van der Waals surface area contributed by atoms with Crippen LogP contribution in [0.25, 0.3) is 0 Å². The van der Waals surface area contributed by atoms with Crippen LogP contribution in [-0.2, 0) is 9.53 Å². The number of esters is 1. The van der Waals surface area contributed by atoms with Gasteiger partial charge in [-0.25, -0.2) is 4.79 Å². The third-order valence-corrected chi connectivity index (χ3v) is 3.31. The lowest BCUT2D eigenvalue weighted by atomic mass is 9.92. The van der Waals surface area contributed by atoms with Crippen molar-refractivity contribution in [1.29, 1.82) is 0 Å². The van der Waals surface area contributed by atoms with Crippen LogP contribution >= 0.6 is 0 Å². The van der Waals surface area contributed by atoms with Crippen LogP contribution in [-0.4, -0.2) is 37.1 Å². The largest absolute Gasteiger partial charge is 0.463 e. The fraction of sp³-hybridized carbons (Fsp3) is 0.786. The van der Waals surface area contributed by atoms with Crippen molar-refractivity contribution in [3.05, 3.63) is 12.2 Å². The van der Waals surface area contributed by atoms with Crippen molar-refractivity contribution in [3.8, 4) is 0 Å².